The Morgan fingerprint density at radius 2 is 1.53 bits per heavy atom. The Bertz CT molecular complexity index is 442. The van der Waals surface area contributed by atoms with Crippen LogP contribution in [0.5, 0.6) is 0 Å². The fourth-order valence-corrected chi connectivity index (χ4v) is 3.10. The third-order valence-electron chi connectivity index (χ3n) is 2.24. The standard InChI is InChI=1S/C10H14I2N2O2S/c11-5-7-14(8-6-12)9-1-3-10(4-2-9)17(13,15)16/h1-4H,5-8H2,(H2,13,15,16). The first-order valence-corrected chi connectivity index (χ1v) is 9.58. The molecular formula is C10H14I2N2O2S. The normalized spacial score (nSPS) is 11.5. The lowest BCUT2D eigenvalue weighted by atomic mass is 10.3. The first kappa shape index (κ1) is 15.4. The zero-order chi connectivity index (χ0) is 12.9. The predicted molar refractivity (Wildman–Crippen MR) is 87.8 cm³/mol. The number of anilines is 1. The molecule has 0 aliphatic heterocycles. The molecule has 0 heterocycles. The maximum absolute atomic E-state index is 11.1. The molecule has 17 heavy (non-hydrogen) atoms. The molecule has 0 aromatic heterocycles. The smallest absolute Gasteiger partial charge is 0.238 e. The quantitative estimate of drug-likeness (QED) is 0.501. The zero-order valence-corrected chi connectivity index (χ0v) is 14.3. The molecule has 1 rings (SSSR count). The first-order chi connectivity index (χ1) is 7.99. The van der Waals surface area contributed by atoms with Gasteiger partial charge in [-0.1, -0.05) is 45.2 Å². The molecule has 0 aliphatic rings. The minimum atomic E-state index is -3.59. The molecule has 0 spiro atoms. The number of primary sulfonamides is 1. The monoisotopic (exact) mass is 480 g/mol. The van der Waals surface area contributed by atoms with E-state index >= 15 is 0 Å². The maximum Gasteiger partial charge on any atom is 0.238 e. The van der Waals surface area contributed by atoms with E-state index in [9.17, 15) is 8.42 Å². The van der Waals surface area contributed by atoms with E-state index in [0.29, 0.717) is 0 Å². The van der Waals surface area contributed by atoms with Gasteiger partial charge in [0.15, 0.2) is 0 Å². The van der Waals surface area contributed by atoms with Crippen molar-refractivity contribution in [1.29, 1.82) is 0 Å². The Hall–Kier alpha value is 0.390. The fraction of sp³-hybridized carbons (Fsp3) is 0.400. The number of nitrogens with two attached hydrogens (primary N) is 1. The van der Waals surface area contributed by atoms with Gasteiger partial charge in [-0.25, -0.2) is 13.6 Å². The van der Waals surface area contributed by atoms with E-state index in [1.807, 2.05) is 0 Å². The first-order valence-electron chi connectivity index (χ1n) is 4.99. The molecule has 2 N–H and O–H groups in total. The van der Waals surface area contributed by atoms with E-state index in [2.05, 4.69) is 50.1 Å². The summed E-state index contributed by atoms with van der Waals surface area (Å²) in [5.41, 5.74) is 1.03. The van der Waals surface area contributed by atoms with Crippen LogP contribution >= 0.6 is 45.2 Å². The van der Waals surface area contributed by atoms with E-state index in [0.717, 1.165) is 27.6 Å². The van der Waals surface area contributed by atoms with Crippen molar-refractivity contribution in [1.82, 2.24) is 0 Å². The highest BCUT2D eigenvalue weighted by Crippen LogP contribution is 2.17. The second-order valence-electron chi connectivity index (χ2n) is 3.40. The number of halogens is 2. The summed E-state index contributed by atoms with van der Waals surface area (Å²) in [4.78, 5) is 2.39. The SMILES string of the molecule is NS(=O)(=O)c1ccc(N(CCI)CCI)cc1. The highest BCUT2D eigenvalue weighted by Gasteiger charge is 2.09. The van der Waals surface area contributed by atoms with Crippen molar-refractivity contribution >= 4 is 60.9 Å². The molecule has 7 heteroatoms. The lowest BCUT2D eigenvalue weighted by molar-refractivity contribution is 0.598. The maximum atomic E-state index is 11.1. The van der Waals surface area contributed by atoms with Crippen molar-refractivity contribution in [3.05, 3.63) is 24.3 Å². The summed E-state index contributed by atoms with van der Waals surface area (Å²) in [6, 6.07) is 6.72. The van der Waals surface area contributed by atoms with Crippen LogP contribution in [0.15, 0.2) is 29.2 Å². The number of rotatable bonds is 6. The van der Waals surface area contributed by atoms with Gasteiger partial charge < -0.3 is 4.90 Å². The van der Waals surface area contributed by atoms with Gasteiger partial charge in [-0.3, -0.25) is 0 Å². The van der Waals surface area contributed by atoms with E-state index < -0.39 is 10.0 Å². The number of nitrogens with zero attached hydrogens (tertiary/aromatic N) is 1. The van der Waals surface area contributed by atoms with Gasteiger partial charge in [-0.2, -0.15) is 0 Å². The molecule has 0 saturated heterocycles. The molecular weight excluding hydrogens is 466 g/mol. The molecule has 1 aromatic carbocycles. The third-order valence-corrected chi connectivity index (χ3v) is 4.13. The van der Waals surface area contributed by atoms with Crippen LogP contribution < -0.4 is 10.0 Å². The minimum Gasteiger partial charge on any atom is -0.370 e. The van der Waals surface area contributed by atoms with Crippen molar-refractivity contribution in [3.63, 3.8) is 0 Å². The van der Waals surface area contributed by atoms with E-state index in [4.69, 9.17) is 5.14 Å². The van der Waals surface area contributed by atoms with Gasteiger partial charge in [0.2, 0.25) is 10.0 Å². The van der Waals surface area contributed by atoms with Crippen molar-refractivity contribution in [2.45, 2.75) is 4.90 Å². The van der Waals surface area contributed by atoms with Crippen molar-refractivity contribution < 1.29 is 8.42 Å². The van der Waals surface area contributed by atoms with Crippen LogP contribution in [0.2, 0.25) is 0 Å². The lowest BCUT2D eigenvalue weighted by Crippen LogP contribution is -2.27. The average molecular weight is 480 g/mol. The van der Waals surface area contributed by atoms with Crippen molar-refractivity contribution in [2.24, 2.45) is 5.14 Å². The van der Waals surface area contributed by atoms with E-state index in [1.54, 1.807) is 24.3 Å². The Labute approximate surface area is 129 Å². The summed E-state index contributed by atoms with van der Waals surface area (Å²) in [7, 11) is -3.59. The predicted octanol–water partition coefficient (Wildman–Crippen LogP) is 2.01. The van der Waals surface area contributed by atoms with E-state index in [1.165, 1.54) is 0 Å². The summed E-state index contributed by atoms with van der Waals surface area (Å²) in [5, 5.41) is 5.06. The van der Waals surface area contributed by atoms with Gasteiger partial charge in [-0.05, 0) is 24.3 Å². The molecule has 0 radical (unpaired) electrons. The molecule has 1 aromatic rings. The lowest BCUT2D eigenvalue weighted by Gasteiger charge is -2.23. The largest absolute Gasteiger partial charge is 0.370 e. The number of hydrogen-bond acceptors (Lipinski definition) is 3. The van der Waals surface area contributed by atoms with Crippen LogP contribution in [0.3, 0.4) is 0 Å². The van der Waals surface area contributed by atoms with Gasteiger partial charge in [0.05, 0.1) is 4.90 Å². The number of hydrogen-bond donors (Lipinski definition) is 1. The van der Waals surface area contributed by atoms with E-state index in [-0.39, 0.29) is 4.90 Å². The molecule has 0 aliphatic carbocycles. The summed E-state index contributed by atoms with van der Waals surface area (Å²) in [6.45, 7) is 1.91. The van der Waals surface area contributed by atoms with Gasteiger partial charge in [0.1, 0.15) is 0 Å². The highest BCUT2D eigenvalue weighted by molar-refractivity contribution is 14.1. The molecule has 0 unspecified atom stereocenters. The molecule has 0 amide bonds. The average Bonchev–Trinajstić information content (AvgIpc) is 2.28. The fourth-order valence-electron chi connectivity index (χ4n) is 1.42. The number of benzene rings is 1. The van der Waals surface area contributed by atoms with Gasteiger partial charge in [0, 0.05) is 27.6 Å². The van der Waals surface area contributed by atoms with Crippen LogP contribution in [-0.2, 0) is 10.0 Å². The topological polar surface area (TPSA) is 63.4 Å². The van der Waals surface area contributed by atoms with Crippen LogP contribution in [0.25, 0.3) is 0 Å². The second-order valence-corrected chi connectivity index (χ2v) is 7.12. The Balaban J connectivity index is 2.91. The number of sulfonamides is 1. The second kappa shape index (κ2) is 7.10. The summed E-state index contributed by atoms with van der Waals surface area (Å²) in [5.74, 6) is 0. The number of alkyl halides is 2. The van der Waals surface area contributed by atoms with Crippen LogP contribution in [-0.4, -0.2) is 30.4 Å². The van der Waals surface area contributed by atoms with Crippen molar-refractivity contribution in [2.75, 3.05) is 26.8 Å². The Morgan fingerprint density at radius 3 is 1.88 bits per heavy atom. The molecule has 0 bridgehead atoms. The van der Waals surface area contributed by atoms with Crippen LogP contribution in [0.4, 0.5) is 5.69 Å². The zero-order valence-electron chi connectivity index (χ0n) is 9.14. The van der Waals surface area contributed by atoms with Gasteiger partial charge in [0.25, 0.3) is 0 Å². The van der Waals surface area contributed by atoms with Crippen LogP contribution in [0.1, 0.15) is 0 Å². The summed E-state index contributed by atoms with van der Waals surface area (Å²) in [6.07, 6.45) is 0. The minimum absolute atomic E-state index is 0.158. The molecule has 0 atom stereocenters. The van der Waals surface area contributed by atoms with Gasteiger partial charge >= 0.3 is 0 Å². The highest BCUT2D eigenvalue weighted by atomic mass is 127. The third kappa shape index (κ3) is 4.87. The Kier molecular flexibility index (Phi) is 6.45. The summed E-state index contributed by atoms with van der Waals surface area (Å²) < 4.78 is 24.3. The van der Waals surface area contributed by atoms with Crippen molar-refractivity contribution in [3.8, 4) is 0 Å². The Morgan fingerprint density at radius 1 is 1.06 bits per heavy atom. The molecule has 96 valence electrons. The summed E-state index contributed by atoms with van der Waals surface area (Å²) >= 11 is 4.66. The van der Waals surface area contributed by atoms with Gasteiger partial charge in [-0.15, -0.1) is 0 Å². The molecule has 0 fully saturated rings. The van der Waals surface area contributed by atoms with Crippen LogP contribution in [0, 0.1) is 0 Å². The molecule has 4 nitrogen and oxygen atoms in total. The molecule has 0 saturated carbocycles.